The van der Waals surface area contributed by atoms with Gasteiger partial charge in [0, 0.05) is 15.1 Å². The molecule has 1 atom stereocenters. The summed E-state index contributed by atoms with van der Waals surface area (Å²) in [7, 11) is 0. The van der Waals surface area contributed by atoms with Crippen LogP contribution >= 0.6 is 38.9 Å². The van der Waals surface area contributed by atoms with E-state index in [1.807, 2.05) is 31.2 Å². The van der Waals surface area contributed by atoms with Crippen LogP contribution in [0.4, 0.5) is 5.13 Å². The van der Waals surface area contributed by atoms with Crippen molar-refractivity contribution in [2.45, 2.75) is 19.4 Å². The maximum absolute atomic E-state index is 13.4. The lowest BCUT2D eigenvalue weighted by molar-refractivity contribution is -0.132. The molecule has 5 rings (SSSR count). The summed E-state index contributed by atoms with van der Waals surface area (Å²) in [6.45, 7) is 2.52. The summed E-state index contributed by atoms with van der Waals surface area (Å²) in [4.78, 5) is 32.8. The zero-order valence-corrected chi connectivity index (χ0v) is 22.2. The number of carbonyl (C=O) groups is 2. The highest BCUT2D eigenvalue weighted by Crippen LogP contribution is 2.45. The number of carbonyl (C=O) groups excluding carboxylic acids is 2. The largest absolute Gasteiger partial charge is 0.507 e. The van der Waals surface area contributed by atoms with Gasteiger partial charge >= 0.3 is 5.91 Å². The zero-order chi connectivity index (χ0) is 25.4. The number of amides is 1. The van der Waals surface area contributed by atoms with Crippen LogP contribution in [-0.2, 0) is 9.59 Å². The van der Waals surface area contributed by atoms with Gasteiger partial charge in [0.1, 0.15) is 11.5 Å². The molecule has 0 saturated carbocycles. The highest BCUT2D eigenvalue weighted by molar-refractivity contribution is 9.10. The number of hydrogen-bond donors (Lipinski definition) is 1. The van der Waals surface area contributed by atoms with Crippen molar-refractivity contribution < 1.29 is 19.4 Å². The molecule has 2 heterocycles. The van der Waals surface area contributed by atoms with Gasteiger partial charge in [-0.15, -0.1) is 0 Å². The van der Waals surface area contributed by atoms with Crippen LogP contribution in [0.5, 0.6) is 5.75 Å². The third-order valence-corrected chi connectivity index (χ3v) is 7.48. The van der Waals surface area contributed by atoms with Crippen molar-refractivity contribution in [3.05, 3.63) is 92.9 Å². The molecule has 0 bridgehead atoms. The van der Waals surface area contributed by atoms with E-state index in [1.54, 1.807) is 42.5 Å². The molecule has 0 spiro atoms. The number of rotatable bonds is 6. The number of ether oxygens (including phenoxy) is 1. The molecule has 1 saturated heterocycles. The molecule has 4 aromatic rings. The van der Waals surface area contributed by atoms with Gasteiger partial charge in [-0.3, -0.25) is 14.5 Å². The molecule has 1 fully saturated rings. The second-order valence-electron chi connectivity index (χ2n) is 8.21. The number of hydrogen-bond acceptors (Lipinski definition) is 6. The Labute approximate surface area is 224 Å². The van der Waals surface area contributed by atoms with E-state index in [-0.39, 0.29) is 11.3 Å². The minimum absolute atomic E-state index is 0.0111. The fourth-order valence-electron chi connectivity index (χ4n) is 4.12. The standard InChI is InChI=1S/C27H20BrClN2O4S/c1-2-11-35-19-8-4-6-16(13-19)24(32)22-23(15-5-3-7-17(28)12-15)31(26(34)25(22)33)27-30-20-10-9-18(29)14-21(20)36-27/h3-10,12-14,23,32H,2,11H2,1H3. The molecule has 0 aliphatic carbocycles. The molecular weight excluding hydrogens is 564 g/mol. The van der Waals surface area contributed by atoms with Crippen LogP contribution in [0.2, 0.25) is 5.02 Å². The lowest BCUT2D eigenvalue weighted by Crippen LogP contribution is -2.29. The molecule has 1 N–H and O–H groups in total. The second kappa shape index (κ2) is 10.0. The van der Waals surface area contributed by atoms with E-state index in [4.69, 9.17) is 16.3 Å². The number of fused-ring (bicyclic) bond motifs is 1. The SMILES string of the molecule is CCCOc1cccc(C(O)=C2C(=O)C(=O)N(c3nc4ccc(Cl)cc4s3)C2c2cccc(Br)c2)c1. The minimum atomic E-state index is -0.876. The van der Waals surface area contributed by atoms with Crippen molar-refractivity contribution in [3.8, 4) is 5.75 Å². The van der Waals surface area contributed by atoms with E-state index in [2.05, 4.69) is 20.9 Å². The van der Waals surface area contributed by atoms with Crippen LogP contribution in [0.15, 0.2) is 76.8 Å². The number of benzene rings is 3. The van der Waals surface area contributed by atoms with Gasteiger partial charge in [-0.2, -0.15) is 0 Å². The van der Waals surface area contributed by atoms with Gasteiger partial charge in [-0.1, -0.05) is 70.1 Å². The number of aromatic nitrogens is 1. The van der Waals surface area contributed by atoms with Gasteiger partial charge in [0.25, 0.3) is 5.78 Å². The molecule has 1 unspecified atom stereocenters. The van der Waals surface area contributed by atoms with Crippen molar-refractivity contribution in [2.24, 2.45) is 0 Å². The predicted octanol–water partition coefficient (Wildman–Crippen LogP) is 7.13. The molecular formula is C27H20BrClN2O4S. The van der Waals surface area contributed by atoms with Gasteiger partial charge in [0.2, 0.25) is 0 Å². The van der Waals surface area contributed by atoms with Crippen molar-refractivity contribution in [2.75, 3.05) is 11.5 Å². The van der Waals surface area contributed by atoms with E-state index in [0.717, 1.165) is 15.6 Å². The average molecular weight is 584 g/mol. The quantitative estimate of drug-likeness (QED) is 0.148. The predicted molar refractivity (Wildman–Crippen MR) is 146 cm³/mol. The maximum atomic E-state index is 13.4. The molecule has 0 radical (unpaired) electrons. The highest BCUT2D eigenvalue weighted by atomic mass is 79.9. The van der Waals surface area contributed by atoms with E-state index >= 15 is 0 Å². The summed E-state index contributed by atoms with van der Waals surface area (Å²) in [6, 6.07) is 18.5. The molecule has 3 aromatic carbocycles. The lowest BCUT2D eigenvalue weighted by Gasteiger charge is -2.23. The number of aliphatic hydroxyl groups excluding tert-OH is 1. The summed E-state index contributed by atoms with van der Waals surface area (Å²) >= 11 is 10.9. The summed E-state index contributed by atoms with van der Waals surface area (Å²) in [6.07, 6.45) is 0.831. The molecule has 9 heteroatoms. The number of thiazole rings is 1. The third-order valence-electron chi connectivity index (χ3n) is 5.73. The summed E-state index contributed by atoms with van der Waals surface area (Å²) in [5.41, 5.74) is 1.69. The van der Waals surface area contributed by atoms with Crippen LogP contribution in [0, 0.1) is 0 Å². The van der Waals surface area contributed by atoms with Gasteiger partial charge < -0.3 is 9.84 Å². The van der Waals surface area contributed by atoms with Crippen LogP contribution in [-0.4, -0.2) is 28.4 Å². The van der Waals surface area contributed by atoms with Gasteiger partial charge in [-0.05, 0) is 54.4 Å². The summed E-state index contributed by atoms with van der Waals surface area (Å²) in [5.74, 6) is -1.25. The average Bonchev–Trinajstić information content (AvgIpc) is 3.40. The fraction of sp³-hybridized carbons (Fsp3) is 0.148. The van der Waals surface area contributed by atoms with E-state index in [1.165, 1.54) is 16.2 Å². The first-order chi connectivity index (χ1) is 17.4. The highest BCUT2D eigenvalue weighted by Gasteiger charge is 2.48. The Hall–Kier alpha value is -3.20. The summed E-state index contributed by atoms with van der Waals surface area (Å²) < 4.78 is 7.26. The number of halogens is 2. The Kier molecular flexibility index (Phi) is 6.83. The van der Waals surface area contributed by atoms with Crippen LogP contribution in [0.1, 0.15) is 30.5 Å². The Balaban J connectivity index is 1.69. The molecule has 182 valence electrons. The number of aliphatic hydroxyl groups is 1. The molecule has 36 heavy (non-hydrogen) atoms. The van der Waals surface area contributed by atoms with Gasteiger partial charge in [0.15, 0.2) is 5.13 Å². The second-order valence-corrected chi connectivity index (χ2v) is 10.6. The summed E-state index contributed by atoms with van der Waals surface area (Å²) in [5, 5.41) is 12.3. The molecule has 6 nitrogen and oxygen atoms in total. The minimum Gasteiger partial charge on any atom is -0.507 e. The lowest BCUT2D eigenvalue weighted by atomic mass is 9.95. The van der Waals surface area contributed by atoms with Crippen LogP contribution < -0.4 is 9.64 Å². The fourth-order valence-corrected chi connectivity index (χ4v) is 5.81. The molecule has 1 aliphatic heterocycles. The number of anilines is 1. The maximum Gasteiger partial charge on any atom is 0.301 e. The number of Topliss-reactive ketones (excluding diaryl/α,β-unsaturated/α-hetero) is 1. The number of ketones is 1. The van der Waals surface area contributed by atoms with Crippen molar-refractivity contribution in [3.63, 3.8) is 0 Å². The first kappa shape index (κ1) is 24.5. The van der Waals surface area contributed by atoms with Crippen LogP contribution in [0.25, 0.3) is 16.0 Å². The van der Waals surface area contributed by atoms with Gasteiger partial charge in [0.05, 0.1) is 28.4 Å². The number of nitrogens with zero attached hydrogens (tertiary/aromatic N) is 2. The molecule has 1 aliphatic rings. The Bertz CT molecular complexity index is 1530. The van der Waals surface area contributed by atoms with E-state index in [9.17, 15) is 14.7 Å². The molecule has 1 amide bonds. The van der Waals surface area contributed by atoms with Crippen molar-refractivity contribution >= 4 is 71.7 Å². The van der Waals surface area contributed by atoms with E-state index in [0.29, 0.717) is 39.2 Å². The monoisotopic (exact) mass is 582 g/mol. The third kappa shape index (κ3) is 4.52. The molecule has 1 aromatic heterocycles. The Morgan fingerprint density at radius 2 is 1.94 bits per heavy atom. The topological polar surface area (TPSA) is 79.7 Å². The van der Waals surface area contributed by atoms with Gasteiger partial charge in [-0.25, -0.2) is 4.98 Å². The first-order valence-corrected chi connectivity index (χ1v) is 13.2. The van der Waals surface area contributed by atoms with E-state index < -0.39 is 17.7 Å². The first-order valence-electron chi connectivity index (χ1n) is 11.2. The van der Waals surface area contributed by atoms with Crippen LogP contribution in [0.3, 0.4) is 0 Å². The zero-order valence-electron chi connectivity index (χ0n) is 19.1. The van der Waals surface area contributed by atoms with Crippen molar-refractivity contribution in [1.29, 1.82) is 0 Å². The smallest absolute Gasteiger partial charge is 0.301 e. The Morgan fingerprint density at radius 3 is 2.72 bits per heavy atom. The Morgan fingerprint density at radius 1 is 1.14 bits per heavy atom. The normalized spacial score (nSPS) is 17.2. The van der Waals surface area contributed by atoms with Crippen molar-refractivity contribution in [1.82, 2.24) is 4.98 Å².